The summed E-state index contributed by atoms with van der Waals surface area (Å²) in [5.74, 6) is -0.345. The summed E-state index contributed by atoms with van der Waals surface area (Å²) in [6, 6.07) is 13.0. The number of benzene rings is 2. The van der Waals surface area contributed by atoms with Crippen LogP contribution in [0.1, 0.15) is 10.4 Å². The lowest BCUT2D eigenvalue weighted by molar-refractivity contribution is 0.0917. The molecule has 0 N–H and O–H groups in total. The van der Waals surface area contributed by atoms with Crippen molar-refractivity contribution in [3.05, 3.63) is 64.4 Å². The molecule has 0 saturated carbocycles. The van der Waals surface area contributed by atoms with Gasteiger partial charge in [0.15, 0.2) is 6.61 Å². The standard InChI is InChI=1S/C14H10BrFO2/c15-10-4-3-5-11(8-10)18-9-14(17)12-6-1-2-7-13(12)16/h1-8H,9H2. The first kappa shape index (κ1) is 12.8. The van der Waals surface area contributed by atoms with Crippen molar-refractivity contribution in [3.63, 3.8) is 0 Å². The van der Waals surface area contributed by atoms with Crippen LogP contribution in [0.25, 0.3) is 0 Å². The van der Waals surface area contributed by atoms with Crippen molar-refractivity contribution in [2.45, 2.75) is 0 Å². The molecular formula is C14H10BrFO2. The number of ether oxygens (including phenoxy) is 1. The van der Waals surface area contributed by atoms with Gasteiger partial charge in [0.1, 0.15) is 11.6 Å². The maximum Gasteiger partial charge on any atom is 0.203 e. The van der Waals surface area contributed by atoms with E-state index in [1.54, 1.807) is 30.3 Å². The molecule has 2 aromatic rings. The van der Waals surface area contributed by atoms with Crippen LogP contribution in [0.4, 0.5) is 4.39 Å². The predicted octanol–water partition coefficient (Wildman–Crippen LogP) is 3.85. The highest BCUT2D eigenvalue weighted by Crippen LogP contribution is 2.18. The molecule has 2 aromatic carbocycles. The van der Waals surface area contributed by atoms with Crippen LogP contribution in [-0.2, 0) is 0 Å². The third kappa shape index (κ3) is 3.17. The molecule has 0 aliphatic carbocycles. The van der Waals surface area contributed by atoms with Gasteiger partial charge in [0, 0.05) is 4.47 Å². The number of carbonyl (C=O) groups excluding carboxylic acids is 1. The Morgan fingerprint density at radius 2 is 1.94 bits per heavy atom. The molecule has 0 fully saturated rings. The molecule has 92 valence electrons. The molecule has 2 rings (SSSR count). The summed E-state index contributed by atoms with van der Waals surface area (Å²) in [5.41, 5.74) is 0.0486. The van der Waals surface area contributed by atoms with Gasteiger partial charge in [-0.3, -0.25) is 4.79 Å². The Balaban J connectivity index is 2.03. The number of hydrogen-bond donors (Lipinski definition) is 0. The molecule has 0 radical (unpaired) electrons. The van der Waals surface area contributed by atoms with Gasteiger partial charge in [0.25, 0.3) is 0 Å². The van der Waals surface area contributed by atoms with E-state index in [2.05, 4.69) is 15.9 Å². The summed E-state index contributed by atoms with van der Waals surface area (Å²) in [6.07, 6.45) is 0. The number of Topliss-reactive ketones (excluding diaryl/α,β-unsaturated/α-hetero) is 1. The van der Waals surface area contributed by atoms with E-state index in [9.17, 15) is 9.18 Å². The van der Waals surface area contributed by atoms with Gasteiger partial charge >= 0.3 is 0 Å². The quantitative estimate of drug-likeness (QED) is 0.802. The molecule has 0 heterocycles. The first-order valence-corrected chi connectivity index (χ1v) is 6.12. The van der Waals surface area contributed by atoms with E-state index in [1.807, 2.05) is 6.07 Å². The highest BCUT2D eigenvalue weighted by atomic mass is 79.9. The zero-order valence-electron chi connectivity index (χ0n) is 9.40. The lowest BCUT2D eigenvalue weighted by Gasteiger charge is -2.06. The Kier molecular flexibility index (Phi) is 4.10. The summed E-state index contributed by atoms with van der Waals surface area (Å²) >= 11 is 3.30. The van der Waals surface area contributed by atoms with E-state index in [0.29, 0.717) is 5.75 Å². The van der Waals surface area contributed by atoms with E-state index >= 15 is 0 Å². The second kappa shape index (κ2) is 5.78. The highest BCUT2D eigenvalue weighted by Gasteiger charge is 2.11. The van der Waals surface area contributed by atoms with Gasteiger partial charge in [0.2, 0.25) is 5.78 Å². The Morgan fingerprint density at radius 3 is 2.67 bits per heavy atom. The Hall–Kier alpha value is -1.68. The fourth-order valence-electron chi connectivity index (χ4n) is 1.47. The number of ketones is 1. The van der Waals surface area contributed by atoms with Crippen molar-refractivity contribution in [1.82, 2.24) is 0 Å². The lowest BCUT2D eigenvalue weighted by atomic mass is 10.1. The van der Waals surface area contributed by atoms with Crippen LogP contribution < -0.4 is 4.74 Å². The minimum absolute atomic E-state index is 0.0486. The molecule has 0 aliphatic heterocycles. The largest absolute Gasteiger partial charge is 0.485 e. The molecule has 18 heavy (non-hydrogen) atoms. The van der Waals surface area contributed by atoms with Crippen molar-refractivity contribution >= 4 is 21.7 Å². The molecular weight excluding hydrogens is 299 g/mol. The van der Waals surface area contributed by atoms with Crippen LogP contribution in [-0.4, -0.2) is 12.4 Å². The second-order valence-corrected chi connectivity index (χ2v) is 4.56. The predicted molar refractivity (Wildman–Crippen MR) is 70.4 cm³/mol. The van der Waals surface area contributed by atoms with Gasteiger partial charge in [-0.1, -0.05) is 34.1 Å². The minimum atomic E-state index is -0.527. The Bertz CT molecular complexity index is 569. The minimum Gasteiger partial charge on any atom is -0.485 e. The van der Waals surface area contributed by atoms with Gasteiger partial charge in [-0.2, -0.15) is 0 Å². The molecule has 0 bridgehead atoms. The molecule has 0 amide bonds. The summed E-state index contributed by atoms with van der Waals surface area (Å²) in [5, 5.41) is 0. The summed E-state index contributed by atoms with van der Waals surface area (Å²) in [6.45, 7) is -0.183. The summed E-state index contributed by atoms with van der Waals surface area (Å²) < 4.78 is 19.5. The average Bonchev–Trinajstić information content (AvgIpc) is 2.37. The molecule has 0 spiro atoms. The highest BCUT2D eigenvalue weighted by molar-refractivity contribution is 9.10. The van der Waals surface area contributed by atoms with Crippen molar-refractivity contribution in [1.29, 1.82) is 0 Å². The topological polar surface area (TPSA) is 26.3 Å². The zero-order valence-corrected chi connectivity index (χ0v) is 11.0. The third-order valence-corrected chi connectivity index (χ3v) is 2.83. The van der Waals surface area contributed by atoms with Gasteiger partial charge in [-0.15, -0.1) is 0 Å². The second-order valence-electron chi connectivity index (χ2n) is 3.65. The van der Waals surface area contributed by atoms with E-state index in [1.165, 1.54) is 12.1 Å². The monoisotopic (exact) mass is 308 g/mol. The number of rotatable bonds is 4. The number of halogens is 2. The van der Waals surface area contributed by atoms with Crippen LogP contribution in [0.3, 0.4) is 0 Å². The molecule has 0 aliphatic rings. The lowest BCUT2D eigenvalue weighted by Crippen LogP contribution is -2.13. The molecule has 2 nitrogen and oxygen atoms in total. The van der Waals surface area contributed by atoms with Crippen molar-refractivity contribution in [2.24, 2.45) is 0 Å². The van der Waals surface area contributed by atoms with Gasteiger partial charge in [-0.05, 0) is 30.3 Å². The van der Waals surface area contributed by atoms with Crippen LogP contribution in [0.15, 0.2) is 53.0 Å². The first-order chi connectivity index (χ1) is 8.66. The Labute approximate surface area is 113 Å². The maximum atomic E-state index is 13.3. The third-order valence-electron chi connectivity index (χ3n) is 2.34. The summed E-state index contributed by atoms with van der Waals surface area (Å²) in [4.78, 5) is 11.7. The fourth-order valence-corrected chi connectivity index (χ4v) is 1.85. The van der Waals surface area contributed by atoms with E-state index < -0.39 is 5.82 Å². The van der Waals surface area contributed by atoms with Crippen molar-refractivity contribution in [2.75, 3.05) is 6.61 Å². The van der Waals surface area contributed by atoms with E-state index in [0.717, 1.165) is 4.47 Å². The van der Waals surface area contributed by atoms with Gasteiger partial charge in [0.05, 0.1) is 5.56 Å². The molecule has 4 heteroatoms. The Morgan fingerprint density at radius 1 is 1.17 bits per heavy atom. The van der Waals surface area contributed by atoms with Crippen LogP contribution >= 0.6 is 15.9 Å². The number of carbonyl (C=O) groups is 1. The number of hydrogen-bond acceptors (Lipinski definition) is 2. The smallest absolute Gasteiger partial charge is 0.203 e. The normalized spacial score (nSPS) is 10.1. The van der Waals surface area contributed by atoms with Gasteiger partial charge < -0.3 is 4.74 Å². The van der Waals surface area contributed by atoms with Gasteiger partial charge in [-0.25, -0.2) is 4.39 Å². The van der Waals surface area contributed by atoms with Crippen LogP contribution in [0.5, 0.6) is 5.75 Å². The average molecular weight is 309 g/mol. The molecule has 0 atom stereocenters. The van der Waals surface area contributed by atoms with Crippen LogP contribution in [0, 0.1) is 5.82 Å². The van der Waals surface area contributed by atoms with E-state index in [-0.39, 0.29) is 18.0 Å². The van der Waals surface area contributed by atoms with Crippen molar-refractivity contribution in [3.8, 4) is 5.75 Å². The molecule has 0 aromatic heterocycles. The maximum absolute atomic E-state index is 13.3. The van der Waals surface area contributed by atoms with E-state index in [4.69, 9.17) is 4.74 Å². The zero-order chi connectivity index (χ0) is 13.0. The molecule has 0 unspecified atom stereocenters. The first-order valence-electron chi connectivity index (χ1n) is 5.33. The molecule has 0 saturated heterocycles. The fraction of sp³-hybridized carbons (Fsp3) is 0.0714. The van der Waals surface area contributed by atoms with Crippen LogP contribution in [0.2, 0.25) is 0 Å². The summed E-state index contributed by atoms with van der Waals surface area (Å²) in [7, 11) is 0. The van der Waals surface area contributed by atoms with Crippen molar-refractivity contribution < 1.29 is 13.9 Å². The SMILES string of the molecule is O=C(COc1cccc(Br)c1)c1ccccc1F.